The first kappa shape index (κ1) is 19.1. The van der Waals surface area contributed by atoms with E-state index in [0.717, 1.165) is 42.2 Å². The highest BCUT2D eigenvalue weighted by Gasteiger charge is 2.30. The Hall–Kier alpha value is -3.20. The molecule has 4 rings (SSSR count). The van der Waals surface area contributed by atoms with Crippen LogP contribution in [0, 0.1) is 0 Å². The molecule has 3 aromatic heterocycles. The first-order valence-electron chi connectivity index (χ1n) is 9.72. The van der Waals surface area contributed by atoms with E-state index in [4.69, 9.17) is 0 Å². The number of aromatic amines is 1. The summed E-state index contributed by atoms with van der Waals surface area (Å²) in [4.78, 5) is 35.2. The van der Waals surface area contributed by atoms with Crippen molar-refractivity contribution in [3.63, 3.8) is 0 Å². The summed E-state index contributed by atoms with van der Waals surface area (Å²) >= 11 is 0. The second-order valence-corrected chi connectivity index (χ2v) is 7.37. The van der Waals surface area contributed by atoms with Gasteiger partial charge in [0.25, 0.3) is 11.5 Å². The first-order chi connectivity index (χ1) is 14.0. The van der Waals surface area contributed by atoms with Crippen LogP contribution in [0.15, 0.2) is 35.4 Å². The van der Waals surface area contributed by atoms with E-state index >= 15 is 0 Å². The number of hydrogen-bond donors (Lipinski definition) is 2. The summed E-state index contributed by atoms with van der Waals surface area (Å²) in [6, 6.07) is 5.97. The number of nitrogens with zero attached hydrogens (tertiary/aromatic N) is 5. The molecule has 3 aromatic rings. The molecule has 0 atom stereocenters. The van der Waals surface area contributed by atoms with Crippen molar-refractivity contribution < 1.29 is 4.79 Å². The van der Waals surface area contributed by atoms with E-state index in [9.17, 15) is 9.59 Å². The van der Waals surface area contributed by atoms with Gasteiger partial charge in [0.2, 0.25) is 0 Å². The van der Waals surface area contributed by atoms with Crippen molar-refractivity contribution >= 4 is 17.2 Å². The molecule has 152 valence electrons. The Morgan fingerprint density at radius 3 is 2.83 bits per heavy atom. The number of carbonyl (C=O) groups is 1. The van der Waals surface area contributed by atoms with E-state index in [1.165, 1.54) is 0 Å². The normalized spacial score (nSPS) is 14.7. The molecular formula is C20H25N7O2. The molecule has 9 nitrogen and oxygen atoms in total. The number of likely N-dealkylation sites (tertiary alicyclic amines) is 1. The lowest BCUT2D eigenvalue weighted by Crippen LogP contribution is -2.58. The molecule has 0 aliphatic carbocycles. The van der Waals surface area contributed by atoms with Crippen molar-refractivity contribution in [1.29, 1.82) is 0 Å². The molecule has 9 heteroatoms. The lowest BCUT2D eigenvalue weighted by Gasteiger charge is -2.44. The topological polar surface area (TPSA) is 98.6 Å². The summed E-state index contributed by atoms with van der Waals surface area (Å²) < 4.78 is 1.75. The molecular weight excluding hydrogens is 370 g/mol. The zero-order valence-electron chi connectivity index (χ0n) is 16.8. The Labute approximate surface area is 168 Å². The van der Waals surface area contributed by atoms with Crippen molar-refractivity contribution in [2.45, 2.75) is 25.9 Å². The van der Waals surface area contributed by atoms with Gasteiger partial charge in [0.1, 0.15) is 11.3 Å². The molecule has 1 amide bonds. The van der Waals surface area contributed by atoms with Gasteiger partial charge in [0, 0.05) is 51.6 Å². The Morgan fingerprint density at radius 1 is 1.38 bits per heavy atom. The molecule has 1 aliphatic heterocycles. The van der Waals surface area contributed by atoms with E-state index in [0.29, 0.717) is 18.2 Å². The molecule has 1 fully saturated rings. The summed E-state index contributed by atoms with van der Waals surface area (Å²) in [7, 11) is 3.64. The van der Waals surface area contributed by atoms with Crippen LogP contribution in [0.3, 0.4) is 0 Å². The molecule has 0 radical (unpaired) electrons. The molecule has 1 saturated heterocycles. The van der Waals surface area contributed by atoms with Crippen LogP contribution < -0.4 is 15.8 Å². The average molecular weight is 395 g/mol. The number of anilines is 1. The Morgan fingerprint density at radius 2 is 2.17 bits per heavy atom. The van der Waals surface area contributed by atoms with Gasteiger partial charge in [-0.2, -0.15) is 5.10 Å². The number of hydrogen-bond acceptors (Lipinski definition) is 6. The molecule has 0 bridgehead atoms. The van der Waals surface area contributed by atoms with Crippen molar-refractivity contribution in [1.82, 2.24) is 29.8 Å². The fourth-order valence-corrected chi connectivity index (χ4v) is 3.58. The summed E-state index contributed by atoms with van der Waals surface area (Å²) in [5.41, 5.74) is 3.74. The van der Waals surface area contributed by atoms with Crippen LogP contribution >= 0.6 is 0 Å². The predicted molar refractivity (Wildman–Crippen MR) is 110 cm³/mol. The van der Waals surface area contributed by atoms with Crippen molar-refractivity contribution in [2.24, 2.45) is 0 Å². The Balaban J connectivity index is 1.36. The number of aromatic nitrogens is 4. The maximum atomic E-state index is 12.0. The number of aryl methyl sites for hydroxylation is 1. The van der Waals surface area contributed by atoms with Crippen LogP contribution in [0.1, 0.15) is 28.7 Å². The standard InChI is InChI=1S/C20H25N7O2/c1-4-13-9-27-18(23-19(13)28)7-14(24-27)10-26-11-16(12-26)25(3)15-5-6-17(22-8-15)20(29)21-2/h5-9,16H,4,10-12H2,1-3H3,(H,21,29)(H,23,28). The number of likely N-dealkylation sites (N-methyl/N-ethyl adjacent to an activating group) is 1. The maximum Gasteiger partial charge on any atom is 0.269 e. The lowest BCUT2D eigenvalue weighted by atomic mass is 10.1. The molecule has 29 heavy (non-hydrogen) atoms. The number of fused-ring (bicyclic) bond motifs is 1. The van der Waals surface area contributed by atoms with E-state index in [1.807, 2.05) is 26.1 Å². The smallest absolute Gasteiger partial charge is 0.269 e. The lowest BCUT2D eigenvalue weighted by molar-refractivity contribution is 0.0958. The quantitative estimate of drug-likeness (QED) is 0.636. The second-order valence-electron chi connectivity index (χ2n) is 7.37. The molecule has 1 aliphatic rings. The third-order valence-corrected chi connectivity index (χ3v) is 5.46. The van der Waals surface area contributed by atoms with E-state index in [-0.39, 0.29) is 11.5 Å². The van der Waals surface area contributed by atoms with Crippen molar-refractivity contribution in [2.75, 3.05) is 32.1 Å². The van der Waals surface area contributed by atoms with Gasteiger partial charge in [-0.05, 0) is 18.6 Å². The fraction of sp³-hybridized carbons (Fsp3) is 0.400. The number of carbonyl (C=O) groups excluding carboxylic acids is 1. The van der Waals surface area contributed by atoms with Gasteiger partial charge in [-0.25, -0.2) is 9.50 Å². The zero-order valence-corrected chi connectivity index (χ0v) is 16.8. The predicted octanol–water partition coefficient (Wildman–Crippen LogP) is 0.660. The van der Waals surface area contributed by atoms with Gasteiger partial charge in [-0.1, -0.05) is 6.92 Å². The third-order valence-electron chi connectivity index (χ3n) is 5.46. The van der Waals surface area contributed by atoms with Gasteiger partial charge in [-0.3, -0.25) is 14.5 Å². The fourth-order valence-electron chi connectivity index (χ4n) is 3.58. The van der Waals surface area contributed by atoms with E-state index < -0.39 is 0 Å². The largest absolute Gasteiger partial charge is 0.368 e. The summed E-state index contributed by atoms with van der Waals surface area (Å²) in [5.74, 6) is -0.186. The zero-order chi connectivity index (χ0) is 20.5. The number of amides is 1. The minimum atomic E-state index is -0.186. The maximum absolute atomic E-state index is 12.0. The number of rotatable bonds is 6. The van der Waals surface area contributed by atoms with E-state index in [1.54, 1.807) is 30.0 Å². The molecule has 0 aromatic carbocycles. The second kappa shape index (κ2) is 7.67. The highest BCUT2D eigenvalue weighted by atomic mass is 16.1. The summed E-state index contributed by atoms with van der Waals surface area (Å²) in [6.07, 6.45) is 4.22. The molecule has 0 unspecified atom stereocenters. The van der Waals surface area contributed by atoms with Crippen molar-refractivity contribution in [3.05, 3.63) is 57.9 Å². The minimum absolute atomic E-state index is 0.0480. The first-order valence-corrected chi connectivity index (χ1v) is 9.72. The number of nitrogens with one attached hydrogen (secondary N) is 2. The van der Waals surface area contributed by atoms with Crippen LogP contribution in [-0.4, -0.2) is 63.6 Å². The van der Waals surface area contributed by atoms with Gasteiger partial charge in [-0.15, -0.1) is 0 Å². The van der Waals surface area contributed by atoms with Crippen molar-refractivity contribution in [3.8, 4) is 0 Å². The number of pyridine rings is 1. The van der Waals surface area contributed by atoms with Gasteiger partial charge >= 0.3 is 0 Å². The number of H-pyrrole nitrogens is 1. The van der Waals surface area contributed by atoms with Crippen LogP contribution in [0.5, 0.6) is 0 Å². The van der Waals surface area contributed by atoms with Gasteiger partial charge < -0.3 is 15.2 Å². The Bertz CT molecular complexity index is 1080. The summed E-state index contributed by atoms with van der Waals surface area (Å²) in [5, 5.41) is 7.16. The minimum Gasteiger partial charge on any atom is -0.368 e. The highest BCUT2D eigenvalue weighted by Crippen LogP contribution is 2.22. The SMILES string of the molecule is CCc1cn2nc(CN3CC(N(C)c4ccc(C(=O)NC)nc4)C3)cc2[nH]c1=O. The molecule has 0 spiro atoms. The van der Waals surface area contributed by atoms with Crippen LogP contribution in [0.25, 0.3) is 5.65 Å². The molecule has 2 N–H and O–H groups in total. The Kier molecular flexibility index (Phi) is 5.06. The average Bonchev–Trinajstić information content (AvgIpc) is 3.09. The van der Waals surface area contributed by atoms with Crippen LogP contribution in [0.4, 0.5) is 5.69 Å². The van der Waals surface area contributed by atoms with Crippen LogP contribution in [-0.2, 0) is 13.0 Å². The molecule has 0 saturated carbocycles. The van der Waals surface area contributed by atoms with Crippen LogP contribution in [0.2, 0.25) is 0 Å². The van der Waals surface area contributed by atoms with Gasteiger partial charge in [0.15, 0.2) is 0 Å². The van der Waals surface area contributed by atoms with E-state index in [2.05, 4.69) is 30.2 Å². The van der Waals surface area contributed by atoms with Gasteiger partial charge in [0.05, 0.1) is 23.6 Å². The molecule has 4 heterocycles. The monoisotopic (exact) mass is 395 g/mol. The highest BCUT2D eigenvalue weighted by molar-refractivity contribution is 5.92. The summed E-state index contributed by atoms with van der Waals surface area (Å²) in [6.45, 7) is 4.53. The third kappa shape index (κ3) is 3.73.